The third kappa shape index (κ3) is 8.27. The number of rotatable bonds is 9. The van der Waals surface area contributed by atoms with Gasteiger partial charge in [0.2, 0.25) is 0 Å². The summed E-state index contributed by atoms with van der Waals surface area (Å²) in [6, 6.07) is 0. The Morgan fingerprint density at radius 3 is 2.76 bits per heavy atom. The average Bonchev–Trinajstić information content (AvgIpc) is 2.53. The predicted molar refractivity (Wildman–Crippen MR) is 87.9 cm³/mol. The van der Waals surface area contributed by atoms with Crippen LogP contribution in [0.3, 0.4) is 0 Å². The molecule has 0 atom stereocenters. The molecule has 1 fully saturated rings. The zero-order chi connectivity index (χ0) is 15.3. The van der Waals surface area contributed by atoms with E-state index in [2.05, 4.69) is 29.2 Å². The summed E-state index contributed by atoms with van der Waals surface area (Å²) >= 11 is 0. The molecule has 0 aromatic heterocycles. The van der Waals surface area contributed by atoms with Crippen LogP contribution in [0.2, 0.25) is 0 Å². The summed E-state index contributed by atoms with van der Waals surface area (Å²) in [6.45, 7) is 7.67. The molecule has 5 heteroatoms. The molecule has 0 spiro atoms. The normalized spacial score (nSPS) is 17.0. The molecule has 0 aromatic rings. The largest absolute Gasteiger partial charge is 0.381 e. The number of nitrogens with zero attached hydrogens (tertiary/aromatic N) is 2. The number of unbranched alkanes of at least 4 members (excludes halogenated alkanes) is 1. The third-order valence-electron chi connectivity index (χ3n) is 3.86. The molecule has 1 aliphatic rings. The van der Waals surface area contributed by atoms with Crippen LogP contribution in [0.4, 0.5) is 0 Å². The molecule has 21 heavy (non-hydrogen) atoms. The lowest BCUT2D eigenvalue weighted by Crippen LogP contribution is -2.40. The molecular weight excluding hydrogens is 266 g/mol. The first kappa shape index (κ1) is 18.2. The molecule has 0 bridgehead atoms. The minimum Gasteiger partial charge on any atom is -0.381 e. The van der Waals surface area contributed by atoms with Gasteiger partial charge in [0.1, 0.15) is 0 Å². The van der Waals surface area contributed by atoms with Gasteiger partial charge in [0.25, 0.3) is 0 Å². The van der Waals surface area contributed by atoms with E-state index >= 15 is 0 Å². The molecule has 0 unspecified atom stereocenters. The molecule has 1 N–H and O–H groups in total. The van der Waals surface area contributed by atoms with Gasteiger partial charge in [0.05, 0.1) is 0 Å². The van der Waals surface area contributed by atoms with Crippen LogP contribution >= 0.6 is 0 Å². The van der Waals surface area contributed by atoms with E-state index in [-0.39, 0.29) is 0 Å². The molecule has 0 radical (unpaired) electrons. The van der Waals surface area contributed by atoms with Crippen molar-refractivity contribution in [3.63, 3.8) is 0 Å². The van der Waals surface area contributed by atoms with E-state index in [0.717, 1.165) is 64.7 Å². The lowest BCUT2D eigenvalue weighted by molar-refractivity contribution is 0.0203. The van der Waals surface area contributed by atoms with Crippen LogP contribution in [0, 0.1) is 5.92 Å². The molecule has 0 aliphatic carbocycles. The molecule has 0 aromatic carbocycles. The van der Waals surface area contributed by atoms with Crippen LogP contribution in [0.5, 0.6) is 0 Å². The summed E-state index contributed by atoms with van der Waals surface area (Å²) < 4.78 is 11.1. The number of aliphatic imine (C=N–C) groups is 1. The molecule has 1 rings (SSSR count). The Bertz CT molecular complexity index is 279. The molecule has 0 saturated carbocycles. The Balaban J connectivity index is 2.01. The van der Waals surface area contributed by atoms with Crippen molar-refractivity contribution in [1.82, 2.24) is 10.2 Å². The van der Waals surface area contributed by atoms with E-state index in [1.165, 1.54) is 12.8 Å². The van der Waals surface area contributed by atoms with Gasteiger partial charge in [-0.15, -0.1) is 0 Å². The maximum atomic E-state index is 5.76. The van der Waals surface area contributed by atoms with E-state index in [1.54, 1.807) is 0 Å². The number of ether oxygens (including phenoxy) is 2. The Labute approximate surface area is 130 Å². The maximum absolute atomic E-state index is 5.76. The van der Waals surface area contributed by atoms with Crippen molar-refractivity contribution in [1.29, 1.82) is 0 Å². The molecule has 1 saturated heterocycles. The monoisotopic (exact) mass is 299 g/mol. The van der Waals surface area contributed by atoms with Crippen molar-refractivity contribution in [3.05, 3.63) is 0 Å². The van der Waals surface area contributed by atoms with Crippen molar-refractivity contribution < 1.29 is 9.47 Å². The lowest BCUT2D eigenvalue weighted by Gasteiger charge is -2.22. The molecule has 5 nitrogen and oxygen atoms in total. The number of nitrogens with one attached hydrogen (secondary N) is 1. The molecular formula is C16H33N3O2. The topological polar surface area (TPSA) is 46.1 Å². The highest BCUT2D eigenvalue weighted by Crippen LogP contribution is 2.14. The van der Waals surface area contributed by atoms with E-state index in [1.807, 2.05) is 7.05 Å². The summed E-state index contributed by atoms with van der Waals surface area (Å²) in [7, 11) is 3.93. The summed E-state index contributed by atoms with van der Waals surface area (Å²) in [5, 5.41) is 3.39. The summed E-state index contributed by atoms with van der Waals surface area (Å²) in [5.41, 5.74) is 0. The van der Waals surface area contributed by atoms with Crippen LogP contribution in [-0.4, -0.2) is 64.5 Å². The fraction of sp³-hybridized carbons (Fsp3) is 0.938. The molecule has 0 amide bonds. The Kier molecular flexibility index (Phi) is 10.3. The van der Waals surface area contributed by atoms with Crippen LogP contribution < -0.4 is 5.32 Å². The van der Waals surface area contributed by atoms with Crippen molar-refractivity contribution in [2.45, 2.75) is 39.0 Å². The smallest absolute Gasteiger partial charge is 0.193 e. The van der Waals surface area contributed by atoms with Crippen LogP contribution in [0.15, 0.2) is 4.99 Å². The van der Waals surface area contributed by atoms with Gasteiger partial charge in [-0.3, -0.25) is 4.99 Å². The van der Waals surface area contributed by atoms with Gasteiger partial charge < -0.3 is 19.7 Å². The fourth-order valence-corrected chi connectivity index (χ4v) is 2.42. The number of guanidine groups is 1. The van der Waals surface area contributed by atoms with Crippen molar-refractivity contribution in [2.24, 2.45) is 10.9 Å². The Morgan fingerprint density at radius 2 is 2.10 bits per heavy atom. The second-order valence-corrected chi connectivity index (χ2v) is 5.73. The SMILES string of the molecule is CCCCN(C)C(=NC)NCCCOCC1CCOCC1. The van der Waals surface area contributed by atoms with Gasteiger partial charge >= 0.3 is 0 Å². The predicted octanol–water partition coefficient (Wildman–Crippen LogP) is 2.13. The van der Waals surface area contributed by atoms with E-state index in [0.29, 0.717) is 5.92 Å². The Morgan fingerprint density at radius 1 is 1.33 bits per heavy atom. The van der Waals surface area contributed by atoms with E-state index in [9.17, 15) is 0 Å². The standard InChI is InChI=1S/C16H33N3O2/c1-4-5-10-19(3)16(17-2)18-9-6-11-21-14-15-7-12-20-13-8-15/h15H,4-14H2,1-3H3,(H,17,18). The minimum absolute atomic E-state index is 0.694. The fourth-order valence-electron chi connectivity index (χ4n) is 2.42. The first-order valence-electron chi connectivity index (χ1n) is 8.35. The van der Waals surface area contributed by atoms with Crippen LogP contribution in [0.1, 0.15) is 39.0 Å². The van der Waals surface area contributed by atoms with Gasteiger partial charge in [-0.2, -0.15) is 0 Å². The second-order valence-electron chi connectivity index (χ2n) is 5.73. The van der Waals surface area contributed by atoms with E-state index < -0.39 is 0 Å². The third-order valence-corrected chi connectivity index (χ3v) is 3.86. The summed E-state index contributed by atoms with van der Waals surface area (Å²) in [6.07, 6.45) is 5.72. The average molecular weight is 299 g/mol. The van der Waals surface area contributed by atoms with Crippen molar-refractivity contribution in [2.75, 3.05) is 53.6 Å². The lowest BCUT2D eigenvalue weighted by atomic mass is 10.0. The van der Waals surface area contributed by atoms with Gasteiger partial charge in [-0.25, -0.2) is 0 Å². The van der Waals surface area contributed by atoms with Gasteiger partial charge in [-0.05, 0) is 31.6 Å². The first-order chi connectivity index (χ1) is 10.3. The molecule has 1 heterocycles. The van der Waals surface area contributed by atoms with Crippen LogP contribution in [0.25, 0.3) is 0 Å². The van der Waals surface area contributed by atoms with Crippen molar-refractivity contribution in [3.8, 4) is 0 Å². The first-order valence-corrected chi connectivity index (χ1v) is 8.35. The number of hydrogen-bond acceptors (Lipinski definition) is 3. The zero-order valence-electron chi connectivity index (χ0n) is 14.1. The molecule has 124 valence electrons. The second kappa shape index (κ2) is 11.8. The van der Waals surface area contributed by atoms with E-state index in [4.69, 9.17) is 9.47 Å². The highest BCUT2D eigenvalue weighted by atomic mass is 16.5. The molecule has 1 aliphatic heterocycles. The Hall–Kier alpha value is -0.810. The van der Waals surface area contributed by atoms with Crippen LogP contribution in [-0.2, 0) is 9.47 Å². The quantitative estimate of drug-likeness (QED) is 0.402. The maximum Gasteiger partial charge on any atom is 0.193 e. The van der Waals surface area contributed by atoms with Gasteiger partial charge in [-0.1, -0.05) is 13.3 Å². The van der Waals surface area contributed by atoms with Crippen molar-refractivity contribution >= 4 is 5.96 Å². The highest BCUT2D eigenvalue weighted by molar-refractivity contribution is 5.79. The van der Waals surface area contributed by atoms with Gasteiger partial charge in [0, 0.05) is 53.6 Å². The zero-order valence-corrected chi connectivity index (χ0v) is 14.1. The minimum atomic E-state index is 0.694. The highest BCUT2D eigenvalue weighted by Gasteiger charge is 2.13. The van der Waals surface area contributed by atoms with Gasteiger partial charge in [0.15, 0.2) is 5.96 Å². The summed E-state index contributed by atoms with van der Waals surface area (Å²) in [5.74, 6) is 1.67. The number of hydrogen-bond donors (Lipinski definition) is 1. The summed E-state index contributed by atoms with van der Waals surface area (Å²) in [4.78, 5) is 6.50.